The molecule has 0 aliphatic rings. The molecule has 0 saturated heterocycles. The molecule has 3 rings (SSSR count). The maximum Gasteiger partial charge on any atom is 0.250 e. The van der Waals surface area contributed by atoms with E-state index in [9.17, 15) is 9.59 Å². The summed E-state index contributed by atoms with van der Waals surface area (Å²) in [6, 6.07) is 6.94. The van der Waals surface area contributed by atoms with E-state index >= 15 is 0 Å². The van der Waals surface area contributed by atoms with Gasteiger partial charge in [0.25, 0.3) is 0 Å². The quantitative estimate of drug-likeness (QED) is 0.750. The van der Waals surface area contributed by atoms with E-state index in [-0.39, 0.29) is 11.3 Å². The summed E-state index contributed by atoms with van der Waals surface area (Å²) in [5.74, 6) is -0.390. The zero-order valence-electron chi connectivity index (χ0n) is 10.6. The number of aromatic nitrogens is 2. The number of benzene rings is 1. The summed E-state index contributed by atoms with van der Waals surface area (Å²) in [4.78, 5) is 23.9. The number of amides is 1. The van der Waals surface area contributed by atoms with E-state index in [4.69, 9.17) is 4.42 Å². The second-order valence-corrected chi connectivity index (χ2v) is 4.92. The van der Waals surface area contributed by atoms with Crippen LogP contribution in [0, 0.1) is 0 Å². The number of hydrogen-bond donors (Lipinski definition) is 1. The van der Waals surface area contributed by atoms with Crippen molar-refractivity contribution in [1.29, 1.82) is 0 Å². The van der Waals surface area contributed by atoms with Crippen molar-refractivity contribution in [2.45, 2.75) is 0 Å². The highest BCUT2D eigenvalue weighted by Gasteiger charge is 2.05. The minimum atomic E-state index is -0.390. The number of fused-ring (bicyclic) bond motifs is 1. The molecule has 21 heavy (non-hydrogen) atoms. The third-order valence-electron chi connectivity index (χ3n) is 2.71. The van der Waals surface area contributed by atoms with Gasteiger partial charge in [-0.1, -0.05) is 23.5 Å². The Morgan fingerprint density at radius 3 is 3.00 bits per heavy atom. The van der Waals surface area contributed by atoms with Gasteiger partial charge in [0.05, 0.1) is 10.9 Å². The number of carbonyl (C=O) groups excluding carboxylic acids is 1. The molecule has 0 radical (unpaired) electrons. The summed E-state index contributed by atoms with van der Waals surface area (Å²) in [5, 5.41) is 10.7. The Kier molecular flexibility index (Phi) is 3.57. The maximum absolute atomic E-state index is 12.2. The standard InChI is InChI=1S/C14H9N3O3S/c18-12(16-14-17-15-8-21-14)6-5-9-7-20-11-4-2-1-3-10(11)13(9)19/h1-8H,(H,16,17,18)/b6-5+. The maximum atomic E-state index is 12.2. The zero-order valence-corrected chi connectivity index (χ0v) is 11.5. The highest BCUT2D eigenvalue weighted by Crippen LogP contribution is 2.11. The van der Waals surface area contributed by atoms with Gasteiger partial charge >= 0.3 is 0 Å². The van der Waals surface area contributed by atoms with Crippen LogP contribution in [0.5, 0.6) is 0 Å². The third kappa shape index (κ3) is 2.87. The van der Waals surface area contributed by atoms with Crippen LogP contribution >= 0.6 is 11.3 Å². The molecule has 0 fully saturated rings. The van der Waals surface area contributed by atoms with E-state index in [0.717, 1.165) is 0 Å². The summed E-state index contributed by atoms with van der Waals surface area (Å²) in [6.45, 7) is 0. The second kappa shape index (κ2) is 5.68. The molecule has 104 valence electrons. The van der Waals surface area contributed by atoms with E-state index in [2.05, 4.69) is 15.5 Å². The van der Waals surface area contributed by atoms with Gasteiger partial charge in [0, 0.05) is 6.08 Å². The Balaban J connectivity index is 1.84. The van der Waals surface area contributed by atoms with Crippen molar-refractivity contribution in [3.05, 3.63) is 57.9 Å². The predicted octanol–water partition coefficient (Wildman–Crippen LogP) is 2.30. The lowest BCUT2D eigenvalue weighted by Crippen LogP contribution is -2.09. The van der Waals surface area contributed by atoms with Gasteiger partial charge in [-0.05, 0) is 18.2 Å². The Morgan fingerprint density at radius 2 is 2.19 bits per heavy atom. The second-order valence-electron chi connectivity index (χ2n) is 4.08. The van der Waals surface area contributed by atoms with Gasteiger partial charge in [-0.2, -0.15) is 0 Å². The van der Waals surface area contributed by atoms with Crippen LogP contribution in [0.2, 0.25) is 0 Å². The van der Waals surface area contributed by atoms with E-state index in [1.165, 1.54) is 35.3 Å². The molecule has 1 aromatic carbocycles. The highest BCUT2D eigenvalue weighted by molar-refractivity contribution is 7.13. The van der Waals surface area contributed by atoms with Crippen molar-refractivity contribution < 1.29 is 9.21 Å². The molecular weight excluding hydrogens is 290 g/mol. The van der Waals surface area contributed by atoms with Crippen molar-refractivity contribution in [1.82, 2.24) is 10.2 Å². The van der Waals surface area contributed by atoms with Crippen LogP contribution in [0.3, 0.4) is 0 Å². The van der Waals surface area contributed by atoms with Gasteiger partial charge in [-0.15, -0.1) is 10.2 Å². The molecule has 0 saturated carbocycles. The lowest BCUT2D eigenvalue weighted by Gasteiger charge is -1.98. The van der Waals surface area contributed by atoms with Gasteiger partial charge in [0.2, 0.25) is 11.0 Å². The molecule has 2 heterocycles. The fraction of sp³-hybridized carbons (Fsp3) is 0. The van der Waals surface area contributed by atoms with Crippen LogP contribution < -0.4 is 10.7 Å². The Morgan fingerprint density at radius 1 is 1.33 bits per heavy atom. The summed E-state index contributed by atoms with van der Waals surface area (Å²) >= 11 is 1.21. The molecule has 2 aromatic heterocycles. The Labute approximate surface area is 122 Å². The van der Waals surface area contributed by atoms with Crippen molar-refractivity contribution >= 4 is 39.4 Å². The number of para-hydroxylation sites is 1. The molecule has 7 heteroatoms. The Bertz CT molecular complexity index is 869. The monoisotopic (exact) mass is 299 g/mol. The van der Waals surface area contributed by atoms with Gasteiger partial charge in [0.15, 0.2) is 5.43 Å². The summed E-state index contributed by atoms with van der Waals surface area (Å²) < 4.78 is 5.36. The number of anilines is 1. The van der Waals surface area contributed by atoms with Crippen molar-refractivity contribution in [2.75, 3.05) is 5.32 Å². The minimum absolute atomic E-state index is 0.184. The van der Waals surface area contributed by atoms with Gasteiger partial charge in [-0.3, -0.25) is 14.9 Å². The number of nitrogens with one attached hydrogen (secondary N) is 1. The van der Waals surface area contributed by atoms with Crippen LogP contribution in [0.15, 0.2) is 51.3 Å². The SMILES string of the molecule is O=C(/C=C/c1coc2ccccc2c1=O)Nc1nncs1. The van der Waals surface area contributed by atoms with Gasteiger partial charge < -0.3 is 4.42 Å². The largest absolute Gasteiger partial charge is 0.463 e. The fourth-order valence-electron chi connectivity index (χ4n) is 1.75. The molecule has 3 aromatic rings. The average Bonchev–Trinajstić information content (AvgIpc) is 3.00. The van der Waals surface area contributed by atoms with E-state index in [0.29, 0.717) is 21.7 Å². The first-order valence-electron chi connectivity index (χ1n) is 6.00. The molecule has 0 atom stereocenters. The van der Waals surface area contributed by atoms with Gasteiger partial charge in [-0.25, -0.2) is 0 Å². The smallest absolute Gasteiger partial charge is 0.250 e. The van der Waals surface area contributed by atoms with Crippen LogP contribution in [-0.2, 0) is 4.79 Å². The molecular formula is C14H9N3O3S. The van der Waals surface area contributed by atoms with Crippen LogP contribution in [0.4, 0.5) is 5.13 Å². The van der Waals surface area contributed by atoms with E-state index in [1.54, 1.807) is 24.3 Å². The molecule has 1 N–H and O–H groups in total. The normalized spacial score (nSPS) is 11.0. The highest BCUT2D eigenvalue weighted by atomic mass is 32.1. The molecule has 0 bridgehead atoms. The third-order valence-corrected chi connectivity index (χ3v) is 3.32. The molecule has 6 nitrogen and oxygen atoms in total. The zero-order chi connectivity index (χ0) is 14.7. The van der Waals surface area contributed by atoms with Crippen molar-refractivity contribution in [3.8, 4) is 0 Å². The number of nitrogens with zero attached hydrogens (tertiary/aromatic N) is 2. The van der Waals surface area contributed by atoms with E-state index in [1.807, 2.05) is 0 Å². The van der Waals surface area contributed by atoms with Gasteiger partial charge in [0.1, 0.15) is 17.4 Å². The summed E-state index contributed by atoms with van der Waals surface area (Å²) in [6.07, 6.45) is 4.00. The lowest BCUT2D eigenvalue weighted by molar-refractivity contribution is -0.111. The molecule has 0 aliphatic carbocycles. The number of carbonyl (C=O) groups is 1. The molecule has 0 spiro atoms. The fourth-order valence-corrected chi connectivity index (χ4v) is 2.20. The predicted molar refractivity (Wildman–Crippen MR) is 80.1 cm³/mol. The first kappa shape index (κ1) is 13.2. The average molecular weight is 299 g/mol. The lowest BCUT2D eigenvalue weighted by atomic mass is 10.1. The van der Waals surface area contributed by atoms with Crippen molar-refractivity contribution in [3.63, 3.8) is 0 Å². The van der Waals surface area contributed by atoms with Crippen molar-refractivity contribution in [2.24, 2.45) is 0 Å². The Hall–Kier alpha value is -2.80. The molecule has 1 amide bonds. The first-order valence-corrected chi connectivity index (χ1v) is 6.88. The molecule has 0 aliphatic heterocycles. The van der Waals surface area contributed by atoms with E-state index < -0.39 is 0 Å². The minimum Gasteiger partial charge on any atom is -0.463 e. The first-order chi connectivity index (χ1) is 10.2. The molecule has 0 unspecified atom stereocenters. The van der Waals surface area contributed by atoms with Crippen LogP contribution in [-0.4, -0.2) is 16.1 Å². The van der Waals surface area contributed by atoms with Crippen LogP contribution in [0.1, 0.15) is 5.56 Å². The number of rotatable bonds is 3. The topological polar surface area (TPSA) is 85.1 Å². The summed E-state index contributed by atoms with van der Waals surface area (Å²) in [5.41, 5.74) is 2.15. The number of hydrogen-bond acceptors (Lipinski definition) is 6. The van der Waals surface area contributed by atoms with Crippen LogP contribution in [0.25, 0.3) is 17.0 Å². The summed E-state index contributed by atoms with van der Waals surface area (Å²) in [7, 11) is 0.